The number of aryl methyl sites for hydroxylation is 1. The van der Waals surface area contributed by atoms with Gasteiger partial charge in [0.25, 0.3) is 0 Å². The summed E-state index contributed by atoms with van der Waals surface area (Å²) in [4.78, 5) is 4.68. The third-order valence-electron chi connectivity index (χ3n) is 4.02. The third kappa shape index (κ3) is 1.77. The Morgan fingerprint density at radius 1 is 1.44 bits per heavy atom. The van der Waals surface area contributed by atoms with Crippen molar-refractivity contribution in [3.05, 3.63) is 17.7 Å². The highest BCUT2D eigenvalue weighted by Crippen LogP contribution is 2.27. The number of nitrogens with one attached hydrogen (secondary N) is 1. The molecular formula is C13H21N3. The van der Waals surface area contributed by atoms with E-state index in [1.807, 2.05) is 0 Å². The summed E-state index contributed by atoms with van der Waals surface area (Å²) in [5.41, 5.74) is 1.46. The average Bonchev–Trinajstić information content (AvgIpc) is 2.73. The van der Waals surface area contributed by atoms with E-state index < -0.39 is 0 Å². The Hall–Kier alpha value is -0.830. The molecule has 1 N–H and O–H groups in total. The summed E-state index contributed by atoms with van der Waals surface area (Å²) in [6.07, 6.45) is 7.25. The van der Waals surface area contributed by atoms with E-state index in [0.717, 1.165) is 12.5 Å². The summed E-state index contributed by atoms with van der Waals surface area (Å²) in [6.45, 7) is 5.83. The Balaban J connectivity index is 1.86. The highest BCUT2D eigenvalue weighted by molar-refractivity contribution is 5.13. The zero-order valence-electron chi connectivity index (χ0n) is 10.1. The van der Waals surface area contributed by atoms with Gasteiger partial charge in [-0.1, -0.05) is 6.92 Å². The lowest BCUT2D eigenvalue weighted by Gasteiger charge is -2.27. The van der Waals surface area contributed by atoms with Crippen LogP contribution in [0.4, 0.5) is 0 Å². The Labute approximate surface area is 97.3 Å². The number of piperidine rings is 1. The van der Waals surface area contributed by atoms with Gasteiger partial charge in [-0.05, 0) is 38.1 Å². The van der Waals surface area contributed by atoms with E-state index in [9.17, 15) is 0 Å². The zero-order chi connectivity index (χ0) is 11.0. The minimum absolute atomic E-state index is 0.646. The van der Waals surface area contributed by atoms with Crippen LogP contribution in [-0.2, 0) is 13.0 Å². The largest absolute Gasteiger partial charge is 0.332 e. The molecule has 1 aromatic heterocycles. The van der Waals surface area contributed by atoms with Crippen molar-refractivity contribution in [2.75, 3.05) is 13.1 Å². The minimum atomic E-state index is 0.646. The maximum Gasteiger partial charge on any atom is 0.113 e. The second kappa shape index (κ2) is 4.21. The van der Waals surface area contributed by atoms with Gasteiger partial charge < -0.3 is 9.88 Å². The number of hydrogen-bond donors (Lipinski definition) is 1. The molecule has 2 atom stereocenters. The van der Waals surface area contributed by atoms with Gasteiger partial charge in [-0.25, -0.2) is 4.98 Å². The fraction of sp³-hybridized carbons (Fsp3) is 0.769. The first-order valence-electron chi connectivity index (χ1n) is 6.59. The van der Waals surface area contributed by atoms with E-state index >= 15 is 0 Å². The van der Waals surface area contributed by atoms with Crippen LogP contribution in [-0.4, -0.2) is 22.6 Å². The normalized spacial score (nSPS) is 30.1. The summed E-state index contributed by atoms with van der Waals surface area (Å²) in [5, 5.41) is 3.49. The van der Waals surface area contributed by atoms with Crippen molar-refractivity contribution in [3.8, 4) is 0 Å². The van der Waals surface area contributed by atoms with E-state index in [-0.39, 0.29) is 0 Å². The SMILES string of the molecule is CC1CCc2cnc(C3CCCNC3)n2C1. The lowest BCUT2D eigenvalue weighted by atomic mass is 9.96. The Bertz CT molecular complexity index is 363. The molecule has 3 heteroatoms. The van der Waals surface area contributed by atoms with E-state index in [0.29, 0.717) is 5.92 Å². The zero-order valence-corrected chi connectivity index (χ0v) is 10.1. The quantitative estimate of drug-likeness (QED) is 0.782. The first-order chi connectivity index (χ1) is 7.84. The molecule has 1 aromatic rings. The molecule has 0 bridgehead atoms. The maximum absolute atomic E-state index is 4.68. The van der Waals surface area contributed by atoms with Gasteiger partial charge in [0, 0.05) is 30.9 Å². The molecular weight excluding hydrogens is 198 g/mol. The predicted octanol–water partition coefficient (Wildman–Crippen LogP) is 1.93. The Kier molecular flexibility index (Phi) is 2.72. The average molecular weight is 219 g/mol. The minimum Gasteiger partial charge on any atom is -0.332 e. The summed E-state index contributed by atoms with van der Waals surface area (Å²) in [7, 11) is 0. The van der Waals surface area contributed by atoms with Crippen molar-refractivity contribution < 1.29 is 0 Å². The lowest BCUT2D eigenvalue weighted by Crippen LogP contribution is -2.31. The molecule has 0 saturated carbocycles. The third-order valence-corrected chi connectivity index (χ3v) is 4.02. The molecule has 0 radical (unpaired) electrons. The van der Waals surface area contributed by atoms with Gasteiger partial charge in [0.2, 0.25) is 0 Å². The van der Waals surface area contributed by atoms with E-state index in [1.165, 1.54) is 50.3 Å². The monoisotopic (exact) mass is 219 g/mol. The van der Waals surface area contributed by atoms with Crippen molar-refractivity contribution in [1.29, 1.82) is 0 Å². The molecule has 0 amide bonds. The first kappa shape index (κ1) is 10.3. The van der Waals surface area contributed by atoms with Crippen molar-refractivity contribution in [1.82, 2.24) is 14.9 Å². The van der Waals surface area contributed by atoms with Gasteiger partial charge in [-0.15, -0.1) is 0 Å². The molecule has 3 nitrogen and oxygen atoms in total. The molecule has 0 spiro atoms. The predicted molar refractivity (Wildman–Crippen MR) is 64.6 cm³/mol. The van der Waals surface area contributed by atoms with Crippen LogP contribution < -0.4 is 5.32 Å². The van der Waals surface area contributed by atoms with Crippen molar-refractivity contribution in [3.63, 3.8) is 0 Å². The van der Waals surface area contributed by atoms with Gasteiger partial charge in [-0.2, -0.15) is 0 Å². The highest BCUT2D eigenvalue weighted by Gasteiger charge is 2.24. The van der Waals surface area contributed by atoms with Gasteiger partial charge >= 0.3 is 0 Å². The number of aromatic nitrogens is 2. The lowest BCUT2D eigenvalue weighted by molar-refractivity contribution is 0.366. The number of fused-ring (bicyclic) bond motifs is 1. The number of rotatable bonds is 1. The summed E-state index contributed by atoms with van der Waals surface area (Å²) < 4.78 is 2.49. The topological polar surface area (TPSA) is 29.9 Å². The van der Waals surface area contributed by atoms with Crippen LogP contribution in [0.5, 0.6) is 0 Å². The molecule has 1 saturated heterocycles. The molecule has 3 rings (SSSR count). The summed E-state index contributed by atoms with van der Waals surface area (Å²) in [5.74, 6) is 2.80. The smallest absolute Gasteiger partial charge is 0.113 e. The van der Waals surface area contributed by atoms with Gasteiger partial charge in [0.05, 0.1) is 0 Å². The van der Waals surface area contributed by atoms with Crippen LogP contribution in [0.15, 0.2) is 6.20 Å². The van der Waals surface area contributed by atoms with Gasteiger partial charge in [0.1, 0.15) is 5.82 Å². The van der Waals surface area contributed by atoms with E-state index in [4.69, 9.17) is 0 Å². The maximum atomic E-state index is 4.68. The Morgan fingerprint density at radius 3 is 3.19 bits per heavy atom. The van der Waals surface area contributed by atoms with Crippen LogP contribution >= 0.6 is 0 Å². The summed E-state index contributed by atoms with van der Waals surface area (Å²) >= 11 is 0. The van der Waals surface area contributed by atoms with Crippen LogP contribution in [0.3, 0.4) is 0 Å². The number of nitrogens with zero attached hydrogens (tertiary/aromatic N) is 2. The van der Waals surface area contributed by atoms with Crippen molar-refractivity contribution in [2.45, 2.75) is 45.1 Å². The molecule has 2 aliphatic heterocycles. The first-order valence-corrected chi connectivity index (χ1v) is 6.59. The summed E-state index contributed by atoms with van der Waals surface area (Å²) in [6, 6.07) is 0. The number of imidazole rings is 1. The van der Waals surface area contributed by atoms with Crippen LogP contribution in [0.2, 0.25) is 0 Å². The second-order valence-corrected chi connectivity index (χ2v) is 5.41. The molecule has 3 heterocycles. The van der Waals surface area contributed by atoms with E-state index in [1.54, 1.807) is 0 Å². The molecule has 88 valence electrons. The molecule has 2 aliphatic rings. The van der Waals surface area contributed by atoms with Crippen LogP contribution in [0, 0.1) is 5.92 Å². The van der Waals surface area contributed by atoms with Crippen LogP contribution in [0.25, 0.3) is 0 Å². The van der Waals surface area contributed by atoms with Crippen molar-refractivity contribution in [2.24, 2.45) is 5.92 Å². The van der Waals surface area contributed by atoms with E-state index in [2.05, 4.69) is 28.0 Å². The van der Waals surface area contributed by atoms with Gasteiger partial charge in [0.15, 0.2) is 0 Å². The molecule has 0 aliphatic carbocycles. The molecule has 1 fully saturated rings. The molecule has 16 heavy (non-hydrogen) atoms. The molecule has 0 aromatic carbocycles. The fourth-order valence-corrected chi connectivity index (χ4v) is 3.03. The van der Waals surface area contributed by atoms with Crippen molar-refractivity contribution >= 4 is 0 Å². The van der Waals surface area contributed by atoms with Gasteiger partial charge in [-0.3, -0.25) is 0 Å². The second-order valence-electron chi connectivity index (χ2n) is 5.41. The number of hydrogen-bond acceptors (Lipinski definition) is 2. The molecule has 2 unspecified atom stereocenters. The van der Waals surface area contributed by atoms with Crippen LogP contribution in [0.1, 0.15) is 43.6 Å². The standard InChI is InChI=1S/C13H21N3/c1-10-4-5-12-8-15-13(16(12)9-10)11-3-2-6-14-7-11/h8,10-11,14H,2-7,9H2,1H3. The highest BCUT2D eigenvalue weighted by atomic mass is 15.1. The Morgan fingerprint density at radius 2 is 2.38 bits per heavy atom. The fourth-order valence-electron chi connectivity index (χ4n) is 3.03.